The molecule has 1 unspecified atom stereocenters. The molecule has 0 aliphatic carbocycles. The van der Waals surface area contributed by atoms with Gasteiger partial charge in [0.15, 0.2) is 0 Å². The number of nitrogens with zero attached hydrogens (tertiary/aromatic N) is 1. The topological polar surface area (TPSA) is 46.6 Å². The molecule has 0 N–H and O–H groups in total. The third kappa shape index (κ3) is 2.16. The Bertz CT molecular complexity index is 711. The molecule has 2 aromatic rings. The van der Waals surface area contributed by atoms with Crippen molar-refractivity contribution < 1.29 is 13.2 Å². The highest BCUT2D eigenvalue weighted by Gasteiger charge is 2.33. The highest BCUT2D eigenvalue weighted by molar-refractivity contribution is 7.89. The van der Waals surface area contributed by atoms with Gasteiger partial charge in [-0.1, -0.05) is 48.5 Å². The summed E-state index contributed by atoms with van der Waals surface area (Å²) in [6.07, 6.45) is 2.19. The Morgan fingerprint density at radius 3 is 2.15 bits per heavy atom. The molecule has 0 bridgehead atoms. The second kappa shape index (κ2) is 5.02. The van der Waals surface area contributed by atoms with E-state index in [2.05, 4.69) is 0 Å². The molecule has 1 aliphatic rings. The third-order valence-electron chi connectivity index (χ3n) is 3.05. The van der Waals surface area contributed by atoms with Crippen LogP contribution < -0.4 is 0 Å². The number of hydrogen-bond donors (Lipinski definition) is 0. The Morgan fingerprint density at radius 2 is 1.50 bits per heavy atom. The molecule has 0 saturated heterocycles. The minimum Gasteiger partial charge on any atom is -0.471 e. The molecular weight excluding hydrogens is 274 g/mol. The molecule has 5 heteroatoms. The third-order valence-corrected chi connectivity index (χ3v) is 4.79. The van der Waals surface area contributed by atoms with Crippen LogP contribution in [0.5, 0.6) is 0 Å². The first-order chi connectivity index (χ1) is 9.69. The first-order valence-corrected chi connectivity index (χ1v) is 7.59. The predicted molar refractivity (Wildman–Crippen MR) is 74.9 cm³/mol. The van der Waals surface area contributed by atoms with Crippen molar-refractivity contribution in [3.8, 4) is 0 Å². The highest BCUT2D eigenvalue weighted by atomic mass is 32.2. The van der Waals surface area contributed by atoms with Crippen molar-refractivity contribution in [3.05, 3.63) is 78.7 Å². The highest BCUT2D eigenvalue weighted by Crippen LogP contribution is 2.32. The summed E-state index contributed by atoms with van der Waals surface area (Å²) in [4.78, 5) is 0.246. The van der Waals surface area contributed by atoms with Gasteiger partial charge in [0, 0.05) is 5.56 Å². The van der Waals surface area contributed by atoms with Crippen LogP contribution in [0.2, 0.25) is 0 Å². The fourth-order valence-electron chi connectivity index (χ4n) is 2.07. The number of ether oxygens (including phenoxy) is 1. The standard InChI is InChI=1S/C15H13NO3S/c17-20(18,14-9-5-2-6-10-14)16-11-12-19-15(16)13-7-3-1-4-8-13/h1-12,15H. The summed E-state index contributed by atoms with van der Waals surface area (Å²) in [7, 11) is -3.61. The van der Waals surface area contributed by atoms with Gasteiger partial charge in [-0.2, -0.15) is 0 Å². The number of benzene rings is 2. The zero-order chi connectivity index (χ0) is 14.0. The minimum absolute atomic E-state index is 0.246. The molecule has 2 aromatic carbocycles. The van der Waals surface area contributed by atoms with Crippen LogP contribution in [0.15, 0.2) is 78.0 Å². The van der Waals surface area contributed by atoms with E-state index in [1.807, 2.05) is 30.3 Å². The summed E-state index contributed by atoms with van der Waals surface area (Å²) in [6.45, 7) is 0. The van der Waals surface area contributed by atoms with Crippen molar-refractivity contribution in [1.29, 1.82) is 0 Å². The zero-order valence-electron chi connectivity index (χ0n) is 10.6. The average molecular weight is 287 g/mol. The summed E-state index contributed by atoms with van der Waals surface area (Å²) in [6, 6.07) is 17.6. The van der Waals surface area contributed by atoms with Gasteiger partial charge in [0.05, 0.1) is 11.1 Å². The molecule has 0 amide bonds. The molecule has 102 valence electrons. The van der Waals surface area contributed by atoms with E-state index in [-0.39, 0.29) is 4.90 Å². The number of hydrogen-bond acceptors (Lipinski definition) is 3. The fourth-order valence-corrected chi connectivity index (χ4v) is 3.45. The lowest BCUT2D eigenvalue weighted by Crippen LogP contribution is -2.28. The lowest BCUT2D eigenvalue weighted by Gasteiger charge is -2.24. The smallest absolute Gasteiger partial charge is 0.267 e. The van der Waals surface area contributed by atoms with Crippen LogP contribution in [-0.2, 0) is 14.8 Å². The monoisotopic (exact) mass is 287 g/mol. The van der Waals surface area contributed by atoms with Crippen molar-refractivity contribution in [1.82, 2.24) is 4.31 Å². The average Bonchev–Trinajstić information content (AvgIpc) is 2.99. The molecule has 1 heterocycles. The van der Waals surface area contributed by atoms with E-state index in [1.165, 1.54) is 16.8 Å². The second-order valence-corrected chi connectivity index (χ2v) is 6.18. The molecular formula is C15H13NO3S. The summed E-state index contributed by atoms with van der Waals surface area (Å²) in [5, 5.41) is 0. The molecule has 1 atom stereocenters. The van der Waals surface area contributed by atoms with Gasteiger partial charge in [-0.3, -0.25) is 0 Å². The molecule has 4 nitrogen and oxygen atoms in total. The molecule has 0 saturated carbocycles. The van der Waals surface area contributed by atoms with Crippen LogP contribution in [0.3, 0.4) is 0 Å². The van der Waals surface area contributed by atoms with E-state index in [9.17, 15) is 8.42 Å². The van der Waals surface area contributed by atoms with E-state index < -0.39 is 16.3 Å². The Hall–Kier alpha value is -2.27. The lowest BCUT2D eigenvalue weighted by molar-refractivity contribution is 0.103. The largest absolute Gasteiger partial charge is 0.471 e. The van der Waals surface area contributed by atoms with Crippen LogP contribution >= 0.6 is 0 Å². The quantitative estimate of drug-likeness (QED) is 0.872. The maximum Gasteiger partial charge on any atom is 0.267 e. The Morgan fingerprint density at radius 1 is 0.900 bits per heavy atom. The van der Waals surface area contributed by atoms with E-state index in [1.54, 1.807) is 30.3 Å². The summed E-state index contributed by atoms with van der Waals surface area (Å²) in [5.74, 6) is 0. The maximum atomic E-state index is 12.6. The molecule has 0 radical (unpaired) electrons. The first-order valence-electron chi connectivity index (χ1n) is 6.15. The van der Waals surface area contributed by atoms with Gasteiger partial charge in [-0.15, -0.1) is 0 Å². The van der Waals surface area contributed by atoms with Gasteiger partial charge in [0.2, 0.25) is 6.23 Å². The van der Waals surface area contributed by atoms with Crippen LogP contribution in [0.25, 0.3) is 0 Å². The van der Waals surface area contributed by atoms with Crippen LogP contribution in [0.1, 0.15) is 11.8 Å². The van der Waals surface area contributed by atoms with Crippen molar-refractivity contribution in [2.75, 3.05) is 0 Å². The normalized spacial score (nSPS) is 18.0. The summed E-state index contributed by atoms with van der Waals surface area (Å²) in [5.41, 5.74) is 0.789. The molecule has 0 aromatic heterocycles. The van der Waals surface area contributed by atoms with E-state index >= 15 is 0 Å². The van der Waals surface area contributed by atoms with Gasteiger partial charge in [-0.05, 0) is 12.1 Å². The fraction of sp³-hybridized carbons (Fsp3) is 0.0667. The van der Waals surface area contributed by atoms with Crippen molar-refractivity contribution in [2.24, 2.45) is 0 Å². The molecule has 1 aliphatic heterocycles. The van der Waals surface area contributed by atoms with Crippen molar-refractivity contribution in [2.45, 2.75) is 11.1 Å². The van der Waals surface area contributed by atoms with E-state index in [0.717, 1.165) is 5.56 Å². The zero-order valence-corrected chi connectivity index (χ0v) is 11.4. The van der Waals surface area contributed by atoms with Crippen molar-refractivity contribution >= 4 is 10.0 Å². The van der Waals surface area contributed by atoms with Gasteiger partial charge in [0.1, 0.15) is 6.26 Å². The van der Waals surface area contributed by atoms with Crippen LogP contribution in [0, 0.1) is 0 Å². The van der Waals surface area contributed by atoms with Crippen LogP contribution in [-0.4, -0.2) is 12.7 Å². The van der Waals surface area contributed by atoms with Crippen molar-refractivity contribution in [3.63, 3.8) is 0 Å². The van der Waals surface area contributed by atoms with Gasteiger partial charge < -0.3 is 4.74 Å². The van der Waals surface area contributed by atoms with Gasteiger partial charge in [0.25, 0.3) is 10.0 Å². The first kappa shape index (κ1) is 12.7. The van der Waals surface area contributed by atoms with E-state index in [0.29, 0.717) is 0 Å². The molecule has 3 rings (SSSR count). The molecule has 20 heavy (non-hydrogen) atoms. The summed E-state index contributed by atoms with van der Waals surface area (Å²) < 4.78 is 31.9. The van der Waals surface area contributed by atoms with Gasteiger partial charge in [-0.25, -0.2) is 12.7 Å². The van der Waals surface area contributed by atoms with Gasteiger partial charge >= 0.3 is 0 Å². The number of rotatable bonds is 3. The Labute approximate surface area is 118 Å². The predicted octanol–water partition coefficient (Wildman–Crippen LogP) is 2.88. The molecule has 0 fully saturated rings. The SMILES string of the molecule is O=S(=O)(c1ccccc1)N1C=COC1c1ccccc1. The maximum absolute atomic E-state index is 12.6. The Balaban J connectivity index is 1.99. The summed E-state index contributed by atoms with van der Waals surface area (Å²) >= 11 is 0. The van der Waals surface area contributed by atoms with Crippen LogP contribution in [0.4, 0.5) is 0 Å². The number of sulfonamides is 1. The Kier molecular flexibility index (Phi) is 3.20. The van der Waals surface area contributed by atoms with E-state index in [4.69, 9.17) is 4.74 Å². The second-order valence-electron chi connectivity index (χ2n) is 4.33. The lowest BCUT2D eigenvalue weighted by atomic mass is 10.2. The molecule has 0 spiro atoms. The minimum atomic E-state index is -3.61.